The SMILES string of the molecule is O=C(O)C(Cl)Cl.O=C(O)C(Cl)Cl.[Na].[Na]. The monoisotopic (exact) mass is 302 g/mol. The van der Waals surface area contributed by atoms with Gasteiger partial charge in [0, 0.05) is 59.1 Å². The molecule has 0 rings (SSSR count). The van der Waals surface area contributed by atoms with Crippen LogP contribution in [0.5, 0.6) is 0 Å². The quantitative estimate of drug-likeness (QED) is 0.589. The number of halogens is 4. The van der Waals surface area contributed by atoms with Gasteiger partial charge < -0.3 is 10.2 Å². The van der Waals surface area contributed by atoms with E-state index in [2.05, 4.69) is 0 Å². The third kappa shape index (κ3) is 23.7. The molecule has 0 amide bonds. The van der Waals surface area contributed by atoms with Crippen molar-refractivity contribution < 1.29 is 19.8 Å². The summed E-state index contributed by atoms with van der Waals surface area (Å²) in [5, 5.41) is 15.5. The second-order valence-corrected chi connectivity index (χ2v) is 3.47. The fraction of sp³-hybridized carbons (Fsp3) is 0.500. The fourth-order valence-corrected chi connectivity index (χ4v) is 0. The molecule has 0 aliphatic rings. The predicted octanol–water partition coefficient (Wildman–Crippen LogP) is 0.988. The zero-order valence-corrected chi connectivity index (χ0v) is 14.4. The van der Waals surface area contributed by atoms with Gasteiger partial charge in [-0.05, 0) is 0 Å². The summed E-state index contributed by atoms with van der Waals surface area (Å²) >= 11 is 19.1. The second-order valence-electron chi connectivity index (χ2n) is 1.28. The van der Waals surface area contributed by atoms with Crippen molar-refractivity contribution in [2.45, 2.75) is 9.67 Å². The zero-order chi connectivity index (χ0) is 10.3. The van der Waals surface area contributed by atoms with E-state index in [0.717, 1.165) is 0 Å². The molecule has 0 aromatic rings. The molecule has 0 bridgehead atoms. The first-order chi connectivity index (χ1) is 5.29. The summed E-state index contributed by atoms with van der Waals surface area (Å²) in [5.74, 6) is -2.42. The van der Waals surface area contributed by atoms with E-state index < -0.39 is 21.6 Å². The maximum atomic E-state index is 9.44. The maximum absolute atomic E-state index is 9.44. The first kappa shape index (κ1) is 25.1. The minimum absolute atomic E-state index is 0. The van der Waals surface area contributed by atoms with Gasteiger partial charge in [0.15, 0.2) is 0 Å². The molecule has 2 radical (unpaired) electrons. The largest absolute Gasteiger partial charge is 0.479 e. The van der Waals surface area contributed by atoms with Gasteiger partial charge in [-0.2, -0.15) is 0 Å². The van der Waals surface area contributed by atoms with Crippen LogP contribution in [-0.4, -0.2) is 90.9 Å². The van der Waals surface area contributed by atoms with E-state index in [-0.39, 0.29) is 59.1 Å². The van der Waals surface area contributed by atoms with E-state index in [1.165, 1.54) is 0 Å². The molecule has 10 heteroatoms. The molecule has 14 heavy (non-hydrogen) atoms. The van der Waals surface area contributed by atoms with Gasteiger partial charge in [0.05, 0.1) is 0 Å². The van der Waals surface area contributed by atoms with Crippen LogP contribution < -0.4 is 0 Å². The Kier molecular flexibility index (Phi) is 27.0. The van der Waals surface area contributed by atoms with Crippen LogP contribution in [-0.2, 0) is 9.59 Å². The molecule has 0 spiro atoms. The van der Waals surface area contributed by atoms with Crippen LogP contribution >= 0.6 is 46.4 Å². The fourth-order valence-electron chi connectivity index (χ4n) is 0. The third-order valence-corrected chi connectivity index (χ3v) is 1.12. The second kappa shape index (κ2) is 15.1. The van der Waals surface area contributed by atoms with Gasteiger partial charge in [-0.3, -0.25) is 0 Å². The first-order valence-electron chi connectivity index (χ1n) is 2.31. The summed E-state index contributed by atoms with van der Waals surface area (Å²) in [4.78, 5) is 16.3. The van der Waals surface area contributed by atoms with E-state index in [4.69, 9.17) is 56.6 Å². The number of carboxylic acids is 2. The number of aliphatic carboxylic acids is 2. The van der Waals surface area contributed by atoms with Crippen LogP contribution in [0.2, 0.25) is 0 Å². The summed E-state index contributed by atoms with van der Waals surface area (Å²) in [7, 11) is 0. The van der Waals surface area contributed by atoms with Gasteiger partial charge in [-0.1, -0.05) is 46.4 Å². The van der Waals surface area contributed by atoms with Crippen LogP contribution in [0.25, 0.3) is 0 Å². The molecule has 0 aromatic carbocycles. The molecule has 0 aliphatic heterocycles. The summed E-state index contributed by atoms with van der Waals surface area (Å²) in [6, 6.07) is 0. The van der Waals surface area contributed by atoms with Gasteiger partial charge in [-0.15, -0.1) is 0 Å². The molecule has 0 atom stereocenters. The average Bonchev–Trinajstić information content (AvgIpc) is 1.88. The number of alkyl halides is 4. The molecule has 0 aromatic heterocycles. The third-order valence-electron chi connectivity index (χ3n) is 0.373. The summed E-state index contributed by atoms with van der Waals surface area (Å²) in [6.45, 7) is 0. The summed E-state index contributed by atoms with van der Waals surface area (Å²) < 4.78 is 0. The van der Waals surface area contributed by atoms with Crippen LogP contribution in [0.4, 0.5) is 0 Å². The Bertz CT molecular complexity index is 147. The molecule has 0 unspecified atom stereocenters. The Hall–Kier alpha value is 2.10. The Labute approximate surface area is 145 Å². The maximum Gasteiger partial charge on any atom is 0.337 e. The van der Waals surface area contributed by atoms with Gasteiger partial charge in [0.1, 0.15) is 0 Å². The molecule has 2 N–H and O–H groups in total. The Morgan fingerprint density at radius 1 is 0.786 bits per heavy atom. The van der Waals surface area contributed by atoms with Gasteiger partial charge >= 0.3 is 11.9 Å². The van der Waals surface area contributed by atoms with Crippen molar-refractivity contribution in [1.29, 1.82) is 0 Å². The van der Waals surface area contributed by atoms with E-state index in [1.54, 1.807) is 0 Å². The Balaban J connectivity index is -0.0000000625. The van der Waals surface area contributed by atoms with Crippen molar-refractivity contribution in [3.8, 4) is 0 Å². The van der Waals surface area contributed by atoms with Crippen LogP contribution in [0.3, 0.4) is 0 Å². The number of carbonyl (C=O) groups is 2. The smallest absolute Gasteiger partial charge is 0.337 e. The van der Waals surface area contributed by atoms with Crippen molar-refractivity contribution in [2.75, 3.05) is 0 Å². The van der Waals surface area contributed by atoms with Gasteiger partial charge in [-0.25, -0.2) is 9.59 Å². The normalized spacial score (nSPS) is 7.86. The molecule has 0 fully saturated rings. The van der Waals surface area contributed by atoms with Crippen molar-refractivity contribution in [3.05, 3.63) is 0 Å². The Morgan fingerprint density at radius 3 is 0.857 bits per heavy atom. The molecular weight excluding hydrogens is 300 g/mol. The predicted molar refractivity (Wildman–Crippen MR) is 57.8 cm³/mol. The molecule has 4 nitrogen and oxygen atoms in total. The van der Waals surface area contributed by atoms with Crippen molar-refractivity contribution in [1.82, 2.24) is 0 Å². The molecular formula is C4H4Cl4Na2O4. The van der Waals surface area contributed by atoms with Crippen molar-refractivity contribution in [2.24, 2.45) is 0 Å². The minimum atomic E-state index is -1.29. The number of carboxylic acid groups (broad SMARTS) is 2. The molecule has 74 valence electrons. The van der Waals surface area contributed by atoms with E-state index >= 15 is 0 Å². The molecule has 0 saturated heterocycles. The number of hydrogen-bond donors (Lipinski definition) is 2. The van der Waals surface area contributed by atoms with Crippen molar-refractivity contribution >= 4 is 117 Å². The standard InChI is InChI=1S/2C2H2Cl2O2.2Na/c2*3-1(4)2(5)6;;/h2*1H,(H,5,6);;. The zero-order valence-electron chi connectivity index (χ0n) is 7.38. The van der Waals surface area contributed by atoms with Crippen LogP contribution in [0.15, 0.2) is 0 Å². The topological polar surface area (TPSA) is 74.6 Å². The van der Waals surface area contributed by atoms with Crippen LogP contribution in [0.1, 0.15) is 0 Å². The van der Waals surface area contributed by atoms with Crippen LogP contribution in [0, 0.1) is 0 Å². The Morgan fingerprint density at radius 2 is 0.857 bits per heavy atom. The molecule has 0 aliphatic carbocycles. The minimum Gasteiger partial charge on any atom is -0.479 e. The molecule has 0 saturated carbocycles. The molecule has 0 heterocycles. The number of rotatable bonds is 2. The number of hydrogen-bond acceptors (Lipinski definition) is 2. The first-order valence-corrected chi connectivity index (χ1v) is 4.05. The van der Waals surface area contributed by atoms with Crippen molar-refractivity contribution in [3.63, 3.8) is 0 Å². The van der Waals surface area contributed by atoms with E-state index in [9.17, 15) is 9.59 Å². The van der Waals surface area contributed by atoms with Gasteiger partial charge in [0.25, 0.3) is 0 Å². The summed E-state index contributed by atoms with van der Waals surface area (Å²) in [6.07, 6.45) is 0. The van der Waals surface area contributed by atoms with E-state index in [0.29, 0.717) is 0 Å². The van der Waals surface area contributed by atoms with Gasteiger partial charge in [0.2, 0.25) is 9.67 Å². The summed E-state index contributed by atoms with van der Waals surface area (Å²) in [5.41, 5.74) is 0. The van der Waals surface area contributed by atoms with E-state index in [1.807, 2.05) is 0 Å². The average molecular weight is 304 g/mol.